The Labute approximate surface area is 280 Å². The average molecular weight is 614 g/mol. The summed E-state index contributed by atoms with van der Waals surface area (Å²) in [5, 5.41) is 0. The fourth-order valence-corrected chi connectivity index (χ4v) is 6.02. The maximum atomic E-state index is 5.10. The van der Waals surface area contributed by atoms with Crippen LogP contribution in [0, 0.1) is 0 Å². The highest BCUT2D eigenvalue weighted by atomic mass is 14.9. The molecule has 6 aromatic carbocycles. The standard InChI is InChI=1S/C45H31N3/c1-3-9-32(10-4-1)34-16-22-37(23-17-34)43-30-44(48-45(47-43)39-26-20-36(21-27-39)42-15-8-28-46-31-42)38-24-18-35(19-25-38)41-14-7-13-40(29-41)33-11-5-2-6-12-33/h1-31H. The fourth-order valence-electron chi connectivity index (χ4n) is 6.02. The lowest BCUT2D eigenvalue weighted by Crippen LogP contribution is -1.96. The molecule has 0 bridgehead atoms. The first-order valence-electron chi connectivity index (χ1n) is 16.1. The van der Waals surface area contributed by atoms with Gasteiger partial charge in [-0.15, -0.1) is 0 Å². The van der Waals surface area contributed by atoms with Crippen LogP contribution in [-0.2, 0) is 0 Å². The zero-order valence-electron chi connectivity index (χ0n) is 26.2. The van der Waals surface area contributed by atoms with E-state index in [0.717, 1.165) is 44.8 Å². The quantitative estimate of drug-likeness (QED) is 0.179. The van der Waals surface area contributed by atoms with Crippen molar-refractivity contribution < 1.29 is 0 Å². The average Bonchev–Trinajstić information content (AvgIpc) is 3.19. The summed E-state index contributed by atoms with van der Waals surface area (Å²) in [5.74, 6) is 0.687. The minimum Gasteiger partial charge on any atom is -0.264 e. The van der Waals surface area contributed by atoms with Crippen LogP contribution in [0.3, 0.4) is 0 Å². The lowest BCUT2D eigenvalue weighted by molar-refractivity contribution is 1.18. The molecule has 0 radical (unpaired) electrons. The number of hydrogen-bond donors (Lipinski definition) is 0. The minimum atomic E-state index is 0.687. The molecule has 0 aliphatic rings. The van der Waals surface area contributed by atoms with Crippen molar-refractivity contribution >= 4 is 0 Å². The lowest BCUT2D eigenvalue weighted by Gasteiger charge is -2.11. The Morgan fingerprint density at radius 2 is 0.667 bits per heavy atom. The molecular formula is C45H31N3. The summed E-state index contributed by atoms with van der Waals surface area (Å²) in [5.41, 5.74) is 14.1. The topological polar surface area (TPSA) is 38.7 Å². The molecule has 3 heteroatoms. The van der Waals surface area contributed by atoms with E-state index in [1.54, 1.807) is 6.20 Å². The summed E-state index contributed by atoms with van der Waals surface area (Å²) >= 11 is 0. The van der Waals surface area contributed by atoms with Gasteiger partial charge in [-0.2, -0.15) is 0 Å². The third-order valence-corrected chi connectivity index (χ3v) is 8.64. The van der Waals surface area contributed by atoms with Crippen molar-refractivity contribution in [1.82, 2.24) is 15.0 Å². The Hall–Kier alpha value is -6.45. The van der Waals surface area contributed by atoms with Crippen molar-refractivity contribution in [1.29, 1.82) is 0 Å². The van der Waals surface area contributed by atoms with Crippen LogP contribution in [0.4, 0.5) is 0 Å². The fraction of sp³-hybridized carbons (Fsp3) is 0. The molecule has 0 fully saturated rings. The van der Waals surface area contributed by atoms with Gasteiger partial charge in [0.05, 0.1) is 11.4 Å². The van der Waals surface area contributed by atoms with Crippen molar-refractivity contribution in [3.05, 3.63) is 188 Å². The molecule has 2 heterocycles. The Morgan fingerprint density at radius 1 is 0.271 bits per heavy atom. The van der Waals surface area contributed by atoms with Crippen LogP contribution in [0.15, 0.2) is 188 Å². The summed E-state index contributed by atoms with van der Waals surface area (Å²) in [6.45, 7) is 0. The zero-order valence-corrected chi connectivity index (χ0v) is 26.2. The SMILES string of the molecule is c1ccc(-c2ccc(-c3cc(-c4ccc(-c5cccc(-c6ccccc6)c5)cc4)nc(-c4ccc(-c5cccnc5)cc4)n3)cc2)cc1. The molecule has 0 aliphatic heterocycles. The van der Waals surface area contributed by atoms with Gasteiger partial charge in [0, 0.05) is 29.1 Å². The summed E-state index contributed by atoms with van der Waals surface area (Å²) in [6.07, 6.45) is 3.67. The zero-order chi connectivity index (χ0) is 32.1. The molecule has 0 atom stereocenters. The largest absolute Gasteiger partial charge is 0.264 e. The number of benzene rings is 6. The van der Waals surface area contributed by atoms with E-state index in [1.807, 2.05) is 24.4 Å². The molecule has 0 N–H and O–H groups in total. The first kappa shape index (κ1) is 29.0. The van der Waals surface area contributed by atoms with Gasteiger partial charge in [0.1, 0.15) is 0 Å². The molecular weight excluding hydrogens is 583 g/mol. The van der Waals surface area contributed by atoms with Gasteiger partial charge >= 0.3 is 0 Å². The van der Waals surface area contributed by atoms with Crippen LogP contribution >= 0.6 is 0 Å². The van der Waals surface area contributed by atoms with Gasteiger partial charge in [-0.25, -0.2) is 9.97 Å². The maximum absolute atomic E-state index is 5.10. The molecule has 0 unspecified atom stereocenters. The molecule has 3 nitrogen and oxygen atoms in total. The molecule has 0 saturated carbocycles. The summed E-state index contributed by atoms with van der Waals surface area (Å²) in [7, 11) is 0. The van der Waals surface area contributed by atoms with E-state index in [0.29, 0.717) is 5.82 Å². The van der Waals surface area contributed by atoms with Gasteiger partial charge in [-0.05, 0) is 62.7 Å². The molecule has 8 rings (SSSR count). The Bertz CT molecular complexity index is 2180. The molecule has 2 aromatic heterocycles. The van der Waals surface area contributed by atoms with E-state index >= 15 is 0 Å². The van der Waals surface area contributed by atoms with Crippen molar-refractivity contribution in [3.8, 4) is 78.4 Å². The van der Waals surface area contributed by atoms with E-state index in [4.69, 9.17) is 9.97 Å². The summed E-state index contributed by atoms with van der Waals surface area (Å²) < 4.78 is 0. The molecule has 48 heavy (non-hydrogen) atoms. The van der Waals surface area contributed by atoms with E-state index < -0.39 is 0 Å². The number of pyridine rings is 1. The van der Waals surface area contributed by atoms with Crippen molar-refractivity contribution in [3.63, 3.8) is 0 Å². The predicted molar refractivity (Wildman–Crippen MR) is 198 cm³/mol. The normalized spacial score (nSPS) is 10.9. The lowest BCUT2D eigenvalue weighted by atomic mass is 9.97. The molecule has 226 valence electrons. The second-order valence-corrected chi connectivity index (χ2v) is 11.7. The summed E-state index contributed by atoms with van der Waals surface area (Å²) in [6, 6.07) is 61.4. The second-order valence-electron chi connectivity index (χ2n) is 11.7. The van der Waals surface area contributed by atoms with Gasteiger partial charge in [0.15, 0.2) is 5.82 Å². The van der Waals surface area contributed by atoms with Crippen LogP contribution in [-0.4, -0.2) is 15.0 Å². The van der Waals surface area contributed by atoms with Crippen LogP contribution < -0.4 is 0 Å². The van der Waals surface area contributed by atoms with E-state index in [9.17, 15) is 0 Å². The van der Waals surface area contributed by atoms with Gasteiger partial charge < -0.3 is 0 Å². The third kappa shape index (κ3) is 6.18. The van der Waals surface area contributed by atoms with Gasteiger partial charge in [-0.1, -0.05) is 158 Å². The Morgan fingerprint density at radius 3 is 1.19 bits per heavy atom. The van der Waals surface area contributed by atoms with E-state index in [2.05, 4.69) is 163 Å². The first-order valence-corrected chi connectivity index (χ1v) is 16.1. The highest BCUT2D eigenvalue weighted by Crippen LogP contribution is 2.32. The number of aromatic nitrogens is 3. The van der Waals surface area contributed by atoms with Crippen molar-refractivity contribution in [2.45, 2.75) is 0 Å². The van der Waals surface area contributed by atoms with Gasteiger partial charge in [0.2, 0.25) is 0 Å². The first-order chi connectivity index (χ1) is 23.8. The van der Waals surface area contributed by atoms with Crippen LogP contribution in [0.5, 0.6) is 0 Å². The minimum absolute atomic E-state index is 0.687. The number of hydrogen-bond acceptors (Lipinski definition) is 3. The van der Waals surface area contributed by atoms with Crippen molar-refractivity contribution in [2.75, 3.05) is 0 Å². The monoisotopic (exact) mass is 613 g/mol. The Kier molecular flexibility index (Phi) is 7.92. The van der Waals surface area contributed by atoms with Crippen LogP contribution in [0.25, 0.3) is 78.4 Å². The second kappa shape index (κ2) is 13.1. The van der Waals surface area contributed by atoms with E-state index in [-0.39, 0.29) is 0 Å². The molecule has 0 saturated heterocycles. The predicted octanol–water partition coefficient (Wildman–Crippen LogP) is 11.5. The third-order valence-electron chi connectivity index (χ3n) is 8.64. The van der Waals surface area contributed by atoms with Crippen molar-refractivity contribution in [2.24, 2.45) is 0 Å². The van der Waals surface area contributed by atoms with Crippen LogP contribution in [0.1, 0.15) is 0 Å². The smallest absolute Gasteiger partial charge is 0.160 e. The number of nitrogens with zero attached hydrogens (tertiary/aromatic N) is 3. The molecule has 0 aliphatic carbocycles. The molecule has 8 aromatic rings. The van der Waals surface area contributed by atoms with Gasteiger partial charge in [-0.3, -0.25) is 4.98 Å². The van der Waals surface area contributed by atoms with Crippen LogP contribution in [0.2, 0.25) is 0 Å². The molecule has 0 amide bonds. The maximum Gasteiger partial charge on any atom is 0.160 e. The highest BCUT2D eigenvalue weighted by Gasteiger charge is 2.12. The summed E-state index contributed by atoms with van der Waals surface area (Å²) in [4.78, 5) is 14.5. The highest BCUT2D eigenvalue weighted by molar-refractivity contribution is 5.78. The molecule has 0 spiro atoms. The Balaban J connectivity index is 1.16. The van der Waals surface area contributed by atoms with E-state index in [1.165, 1.54) is 27.8 Å². The van der Waals surface area contributed by atoms with Gasteiger partial charge in [0.25, 0.3) is 0 Å². The number of rotatable bonds is 7.